The molecule has 0 radical (unpaired) electrons. The molecule has 8 nitrogen and oxygen atoms in total. The molecule has 0 spiro atoms. The van der Waals surface area contributed by atoms with Crippen molar-refractivity contribution in [3.05, 3.63) is 92.4 Å². The monoisotopic (exact) mass is 507 g/mol. The third-order valence-corrected chi connectivity index (χ3v) is 5.05. The van der Waals surface area contributed by atoms with Crippen LogP contribution in [0.4, 0.5) is 11.4 Å². The van der Waals surface area contributed by atoms with Crippen molar-refractivity contribution in [3.63, 3.8) is 0 Å². The van der Waals surface area contributed by atoms with Gasteiger partial charge in [-0.05, 0) is 57.4 Å². The van der Waals surface area contributed by atoms with Crippen LogP contribution >= 0.6 is 15.9 Å². The van der Waals surface area contributed by atoms with Crippen LogP contribution < -0.4 is 14.8 Å². The minimum atomic E-state index is -0.516. The second kappa shape index (κ2) is 10.9. The lowest BCUT2D eigenvalue weighted by Crippen LogP contribution is -2.20. The van der Waals surface area contributed by atoms with Crippen LogP contribution in [0.2, 0.25) is 0 Å². The highest BCUT2D eigenvalue weighted by Gasteiger charge is 2.15. The van der Waals surface area contributed by atoms with Gasteiger partial charge in [-0.25, -0.2) is 0 Å². The molecule has 0 bridgehead atoms. The number of non-ortho nitro benzene ring substituents is 1. The maximum absolute atomic E-state index is 12.2. The molecule has 1 N–H and O–H groups in total. The molecular formula is C24H18BrN3O5. The predicted octanol–water partition coefficient (Wildman–Crippen LogP) is 5.45. The van der Waals surface area contributed by atoms with E-state index in [-0.39, 0.29) is 23.8 Å². The Morgan fingerprint density at radius 1 is 1.18 bits per heavy atom. The number of nitro groups is 1. The molecule has 0 saturated carbocycles. The smallest absolute Gasteiger partial charge is 0.270 e. The largest absolute Gasteiger partial charge is 0.493 e. The molecule has 3 rings (SSSR count). The van der Waals surface area contributed by atoms with Crippen LogP contribution in [-0.2, 0) is 4.79 Å². The summed E-state index contributed by atoms with van der Waals surface area (Å²) in [7, 11) is 1.46. The number of nitriles is 1. The fourth-order valence-corrected chi connectivity index (χ4v) is 3.53. The summed E-state index contributed by atoms with van der Waals surface area (Å²) in [5, 5.41) is 23.4. The molecule has 0 unspecified atom stereocenters. The number of carbonyl (C=O) groups excluding carboxylic acids is 1. The van der Waals surface area contributed by atoms with Crippen molar-refractivity contribution >= 4 is 44.9 Å². The van der Waals surface area contributed by atoms with Crippen molar-refractivity contribution in [1.82, 2.24) is 0 Å². The molecule has 1 amide bonds. The van der Waals surface area contributed by atoms with Crippen LogP contribution in [0.5, 0.6) is 11.5 Å². The lowest BCUT2D eigenvalue weighted by molar-refractivity contribution is -0.384. The van der Waals surface area contributed by atoms with E-state index < -0.39 is 4.92 Å². The van der Waals surface area contributed by atoms with Gasteiger partial charge in [0.1, 0.15) is 0 Å². The topological polar surface area (TPSA) is 114 Å². The molecule has 0 saturated heterocycles. The lowest BCUT2D eigenvalue weighted by atomic mass is 10.0. The summed E-state index contributed by atoms with van der Waals surface area (Å²) in [6, 6.07) is 20.2. The highest BCUT2D eigenvalue weighted by Crippen LogP contribution is 2.37. The molecule has 3 aromatic rings. The number of nitro benzene ring substituents is 1. The van der Waals surface area contributed by atoms with Crippen LogP contribution in [0.15, 0.2) is 71.2 Å². The number of nitrogens with one attached hydrogen (secondary N) is 1. The standard InChI is InChI=1S/C24H18BrN3O5/c1-32-22-12-16(10-18(14-26)17-6-5-9-20(13-17)28(30)31)11-21(25)24(22)33-15-23(29)27-19-7-3-2-4-8-19/h2-13H,15H2,1H3,(H,27,29)/b18-10-. The Kier molecular flexibility index (Phi) is 7.78. The van der Waals surface area contributed by atoms with Crippen molar-refractivity contribution in [2.45, 2.75) is 0 Å². The van der Waals surface area contributed by atoms with Gasteiger partial charge in [0.25, 0.3) is 11.6 Å². The second-order valence-corrected chi connectivity index (χ2v) is 7.57. The number of anilines is 1. The zero-order valence-corrected chi connectivity index (χ0v) is 19.0. The number of rotatable bonds is 8. The summed E-state index contributed by atoms with van der Waals surface area (Å²) in [5.41, 5.74) is 1.80. The molecule has 0 aliphatic rings. The van der Waals surface area contributed by atoms with E-state index in [1.807, 2.05) is 18.2 Å². The van der Waals surface area contributed by atoms with Crippen LogP contribution in [-0.4, -0.2) is 24.5 Å². The minimum absolute atomic E-state index is 0.107. The molecule has 0 fully saturated rings. The number of ether oxygens (including phenoxy) is 2. The fraction of sp³-hybridized carbons (Fsp3) is 0.0833. The summed E-state index contributed by atoms with van der Waals surface area (Å²) in [6.07, 6.45) is 1.58. The first kappa shape index (κ1) is 23.5. The van der Waals surface area contributed by atoms with Gasteiger partial charge in [-0.15, -0.1) is 0 Å². The van der Waals surface area contributed by atoms with E-state index >= 15 is 0 Å². The molecule has 0 heterocycles. The Labute approximate surface area is 198 Å². The van der Waals surface area contributed by atoms with Crippen LogP contribution in [0.25, 0.3) is 11.6 Å². The van der Waals surface area contributed by atoms with Gasteiger partial charge in [0, 0.05) is 17.8 Å². The van der Waals surface area contributed by atoms with E-state index in [4.69, 9.17) is 9.47 Å². The van der Waals surface area contributed by atoms with Gasteiger partial charge >= 0.3 is 0 Å². The minimum Gasteiger partial charge on any atom is -0.493 e. The van der Waals surface area contributed by atoms with E-state index in [9.17, 15) is 20.2 Å². The third kappa shape index (κ3) is 6.18. The number of benzene rings is 3. The van der Waals surface area contributed by atoms with Crippen molar-refractivity contribution in [3.8, 4) is 17.6 Å². The summed E-state index contributed by atoms with van der Waals surface area (Å²) < 4.78 is 11.6. The van der Waals surface area contributed by atoms with E-state index in [2.05, 4.69) is 27.3 Å². The highest BCUT2D eigenvalue weighted by atomic mass is 79.9. The molecule has 33 heavy (non-hydrogen) atoms. The van der Waals surface area contributed by atoms with E-state index in [1.165, 1.54) is 25.3 Å². The fourth-order valence-electron chi connectivity index (χ4n) is 2.95. The van der Waals surface area contributed by atoms with Crippen LogP contribution in [0.3, 0.4) is 0 Å². The van der Waals surface area contributed by atoms with Crippen molar-refractivity contribution in [2.75, 3.05) is 19.0 Å². The molecule has 3 aromatic carbocycles. The third-order valence-electron chi connectivity index (χ3n) is 4.46. The van der Waals surface area contributed by atoms with Gasteiger partial charge in [-0.3, -0.25) is 14.9 Å². The Morgan fingerprint density at radius 2 is 1.94 bits per heavy atom. The zero-order chi connectivity index (χ0) is 23.8. The number of amides is 1. The first-order chi connectivity index (χ1) is 15.9. The number of hydrogen-bond acceptors (Lipinski definition) is 6. The van der Waals surface area contributed by atoms with Gasteiger partial charge < -0.3 is 14.8 Å². The van der Waals surface area contributed by atoms with Crippen molar-refractivity contribution < 1.29 is 19.2 Å². The van der Waals surface area contributed by atoms with Gasteiger partial charge in [0.2, 0.25) is 0 Å². The van der Waals surface area contributed by atoms with Crippen LogP contribution in [0.1, 0.15) is 11.1 Å². The Hall–Kier alpha value is -4.16. The normalized spacial score (nSPS) is 10.8. The number of methoxy groups -OCH3 is 1. The van der Waals surface area contributed by atoms with Gasteiger partial charge in [0.05, 0.1) is 28.1 Å². The molecule has 0 aliphatic carbocycles. The first-order valence-electron chi connectivity index (χ1n) is 9.63. The summed E-state index contributed by atoms with van der Waals surface area (Å²) >= 11 is 3.42. The number of nitrogens with zero attached hydrogens (tertiary/aromatic N) is 2. The Balaban J connectivity index is 1.82. The van der Waals surface area contributed by atoms with Gasteiger partial charge in [0.15, 0.2) is 18.1 Å². The Bertz CT molecular complexity index is 1250. The summed E-state index contributed by atoms with van der Waals surface area (Å²) in [5.74, 6) is 0.336. The molecule has 9 heteroatoms. The Morgan fingerprint density at radius 3 is 2.61 bits per heavy atom. The van der Waals surface area contributed by atoms with E-state index in [0.717, 1.165) is 0 Å². The van der Waals surface area contributed by atoms with E-state index in [1.54, 1.807) is 36.4 Å². The second-order valence-electron chi connectivity index (χ2n) is 6.71. The summed E-state index contributed by atoms with van der Waals surface area (Å²) in [4.78, 5) is 22.7. The number of halogens is 1. The van der Waals surface area contributed by atoms with Crippen molar-refractivity contribution in [1.29, 1.82) is 5.26 Å². The first-order valence-corrected chi connectivity index (χ1v) is 10.4. The number of allylic oxidation sites excluding steroid dienone is 1. The number of para-hydroxylation sites is 1. The van der Waals surface area contributed by atoms with Gasteiger partial charge in [-0.2, -0.15) is 5.26 Å². The average Bonchev–Trinajstić information content (AvgIpc) is 2.82. The lowest BCUT2D eigenvalue weighted by Gasteiger charge is -2.14. The predicted molar refractivity (Wildman–Crippen MR) is 128 cm³/mol. The van der Waals surface area contributed by atoms with Crippen molar-refractivity contribution in [2.24, 2.45) is 0 Å². The van der Waals surface area contributed by atoms with E-state index in [0.29, 0.717) is 32.8 Å². The van der Waals surface area contributed by atoms with Gasteiger partial charge in [-0.1, -0.05) is 30.3 Å². The molecule has 0 atom stereocenters. The number of hydrogen-bond donors (Lipinski definition) is 1. The zero-order valence-electron chi connectivity index (χ0n) is 17.4. The molecular weight excluding hydrogens is 490 g/mol. The quantitative estimate of drug-likeness (QED) is 0.187. The maximum atomic E-state index is 12.2. The molecule has 0 aromatic heterocycles. The molecule has 166 valence electrons. The average molecular weight is 508 g/mol. The molecule has 0 aliphatic heterocycles. The summed E-state index contributed by atoms with van der Waals surface area (Å²) in [6.45, 7) is -0.240. The number of carbonyl (C=O) groups is 1. The van der Waals surface area contributed by atoms with Crippen LogP contribution in [0, 0.1) is 21.4 Å². The maximum Gasteiger partial charge on any atom is 0.270 e. The highest BCUT2D eigenvalue weighted by molar-refractivity contribution is 9.10. The SMILES string of the molecule is COc1cc(/C=C(/C#N)c2cccc([N+](=O)[O-])c2)cc(Br)c1OCC(=O)Nc1ccccc1.